The molecule has 4 heteroatoms. The molecule has 1 aromatic carbocycles. The highest BCUT2D eigenvalue weighted by Crippen LogP contribution is 2.22. The van der Waals surface area contributed by atoms with E-state index in [1.165, 1.54) is 16.8 Å². The number of carbonyl (C=O) groups is 1. The molecule has 1 saturated heterocycles. The molecule has 1 fully saturated rings. The van der Waals surface area contributed by atoms with Gasteiger partial charge >= 0.3 is 6.03 Å². The standard InChI is InChI=1S/C17H27N3O/c1-13-6-7-14(2)15(12-13)19-8-10-20(11-9-19)16(21)18-17(3,4)5/h6-7,12H,8-11H2,1-5H3,(H,18,21). The maximum atomic E-state index is 12.2. The number of aryl methyl sites for hydroxylation is 2. The van der Waals surface area contributed by atoms with Gasteiger partial charge in [-0.15, -0.1) is 0 Å². The van der Waals surface area contributed by atoms with Crippen LogP contribution in [-0.4, -0.2) is 42.6 Å². The van der Waals surface area contributed by atoms with Gasteiger partial charge in [0.2, 0.25) is 0 Å². The Balaban J connectivity index is 1.97. The van der Waals surface area contributed by atoms with Crippen LogP contribution in [0.1, 0.15) is 31.9 Å². The SMILES string of the molecule is Cc1ccc(C)c(N2CCN(C(=O)NC(C)(C)C)CC2)c1. The lowest BCUT2D eigenvalue weighted by Crippen LogP contribution is -2.55. The van der Waals surface area contributed by atoms with E-state index in [9.17, 15) is 4.79 Å². The first-order valence-electron chi connectivity index (χ1n) is 7.65. The van der Waals surface area contributed by atoms with Crippen molar-refractivity contribution in [2.45, 2.75) is 40.2 Å². The van der Waals surface area contributed by atoms with Crippen LogP contribution in [0.25, 0.3) is 0 Å². The van der Waals surface area contributed by atoms with Crippen molar-refractivity contribution < 1.29 is 4.79 Å². The highest BCUT2D eigenvalue weighted by molar-refractivity contribution is 5.75. The summed E-state index contributed by atoms with van der Waals surface area (Å²) in [6.45, 7) is 13.6. The summed E-state index contributed by atoms with van der Waals surface area (Å²) in [5, 5.41) is 3.03. The molecule has 1 aromatic rings. The summed E-state index contributed by atoms with van der Waals surface area (Å²) in [5.74, 6) is 0. The van der Waals surface area contributed by atoms with E-state index in [2.05, 4.69) is 42.3 Å². The lowest BCUT2D eigenvalue weighted by Gasteiger charge is -2.38. The van der Waals surface area contributed by atoms with Gasteiger partial charge in [0.05, 0.1) is 0 Å². The molecule has 0 saturated carbocycles. The Morgan fingerprint density at radius 2 is 1.71 bits per heavy atom. The first-order chi connectivity index (χ1) is 9.76. The average molecular weight is 289 g/mol. The van der Waals surface area contributed by atoms with Crippen LogP contribution in [0.15, 0.2) is 18.2 Å². The maximum absolute atomic E-state index is 12.2. The van der Waals surface area contributed by atoms with Crippen molar-refractivity contribution in [3.05, 3.63) is 29.3 Å². The predicted octanol–water partition coefficient (Wildman–Crippen LogP) is 2.93. The van der Waals surface area contributed by atoms with E-state index in [0.29, 0.717) is 0 Å². The van der Waals surface area contributed by atoms with Crippen LogP contribution in [0.3, 0.4) is 0 Å². The van der Waals surface area contributed by atoms with Crippen molar-refractivity contribution in [1.29, 1.82) is 0 Å². The highest BCUT2D eigenvalue weighted by Gasteiger charge is 2.24. The number of anilines is 1. The Bertz CT molecular complexity index is 511. The number of nitrogens with one attached hydrogen (secondary N) is 1. The number of benzene rings is 1. The Morgan fingerprint density at radius 3 is 2.29 bits per heavy atom. The number of hydrogen-bond acceptors (Lipinski definition) is 2. The van der Waals surface area contributed by atoms with Crippen molar-refractivity contribution in [3.8, 4) is 0 Å². The van der Waals surface area contributed by atoms with Crippen LogP contribution in [-0.2, 0) is 0 Å². The van der Waals surface area contributed by atoms with Crippen molar-refractivity contribution in [2.75, 3.05) is 31.1 Å². The fourth-order valence-electron chi connectivity index (χ4n) is 2.61. The summed E-state index contributed by atoms with van der Waals surface area (Å²) >= 11 is 0. The van der Waals surface area contributed by atoms with Crippen LogP contribution < -0.4 is 10.2 Å². The second-order valence-electron chi connectivity index (χ2n) is 6.94. The average Bonchev–Trinajstić information content (AvgIpc) is 2.40. The van der Waals surface area contributed by atoms with Gasteiger partial charge in [-0.2, -0.15) is 0 Å². The molecule has 4 nitrogen and oxygen atoms in total. The molecule has 1 heterocycles. The molecule has 1 N–H and O–H groups in total. The summed E-state index contributed by atoms with van der Waals surface area (Å²) in [4.78, 5) is 16.5. The monoisotopic (exact) mass is 289 g/mol. The van der Waals surface area contributed by atoms with Crippen molar-refractivity contribution in [3.63, 3.8) is 0 Å². The molecule has 1 aliphatic heterocycles. The van der Waals surface area contributed by atoms with Gasteiger partial charge < -0.3 is 15.1 Å². The summed E-state index contributed by atoms with van der Waals surface area (Å²) in [7, 11) is 0. The molecule has 0 unspecified atom stereocenters. The van der Waals surface area contributed by atoms with E-state index in [1.54, 1.807) is 0 Å². The summed E-state index contributed by atoms with van der Waals surface area (Å²) in [6.07, 6.45) is 0. The zero-order chi connectivity index (χ0) is 15.6. The maximum Gasteiger partial charge on any atom is 0.317 e. The topological polar surface area (TPSA) is 35.6 Å². The number of nitrogens with zero attached hydrogens (tertiary/aromatic N) is 2. The van der Waals surface area contributed by atoms with Crippen LogP contribution >= 0.6 is 0 Å². The lowest BCUT2D eigenvalue weighted by molar-refractivity contribution is 0.185. The third-order valence-corrected chi connectivity index (χ3v) is 3.75. The van der Waals surface area contributed by atoms with E-state index in [1.807, 2.05) is 25.7 Å². The molecule has 0 aromatic heterocycles. The number of amides is 2. The third-order valence-electron chi connectivity index (χ3n) is 3.75. The minimum atomic E-state index is -0.179. The first kappa shape index (κ1) is 15.7. The van der Waals surface area contributed by atoms with E-state index in [4.69, 9.17) is 0 Å². The molecular weight excluding hydrogens is 262 g/mol. The minimum absolute atomic E-state index is 0.0446. The normalized spacial score (nSPS) is 16.0. The second-order valence-corrected chi connectivity index (χ2v) is 6.94. The zero-order valence-electron chi connectivity index (χ0n) is 13.9. The number of hydrogen-bond donors (Lipinski definition) is 1. The first-order valence-corrected chi connectivity index (χ1v) is 7.65. The molecule has 0 spiro atoms. The van der Waals surface area contributed by atoms with Gasteiger partial charge in [-0.25, -0.2) is 4.79 Å². The smallest absolute Gasteiger partial charge is 0.317 e. The van der Waals surface area contributed by atoms with Crippen molar-refractivity contribution in [1.82, 2.24) is 10.2 Å². The van der Waals surface area contributed by atoms with E-state index in [0.717, 1.165) is 26.2 Å². The van der Waals surface area contributed by atoms with Gasteiger partial charge in [0.1, 0.15) is 0 Å². The van der Waals surface area contributed by atoms with Crippen LogP contribution in [0.5, 0.6) is 0 Å². The minimum Gasteiger partial charge on any atom is -0.368 e. The van der Waals surface area contributed by atoms with Gasteiger partial charge in [-0.1, -0.05) is 12.1 Å². The van der Waals surface area contributed by atoms with Gasteiger partial charge in [0.25, 0.3) is 0 Å². The highest BCUT2D eigenvalue weighted by atomic mass is 16.2. The summed E-state index contributed by atoms with van der Waals surface area (Å²) < 4.78 is 0. The molecular formula is C17H27N3O. The molecule has 0 radical (unpaired) electrons. The summed E-state index contributed by atoms with van der Waals surface area (Å²) in [6, 6.07) is 6.60. The number of rotatable bonds is 1. The number of urea groups is 1. The predicted molar refractivity (Wildman–Crippen MR) is 88.0 cm³/mol. The van der Waals surface area contributed by atoms with E-state index >= 15 is 0 Å². The van der Waals surface area contributed by atoms with E-state index in [-0.39, 0.29) is 11.6 Å². The van der Waals surface area contributed by atoms with Crippen molar-refractivity contribution in [2.24, 2.45) is 0 Å². The Morgan fingerprint density at radius 1 is 1.10 bits per heavy atom. The van der Waals surface area contributed by atoms with Crippen LogP contribution in [0.4, 0.5) is 10.5 Å². The summed E-state index contributed by atoms with van der Waals surface area (Å²) in [5.41, 5.74) is 3.70. The quantitative estimate of drug-likeness (QED) is 0.863. The molecule has 116 valence electrons. The molecule has 2 rings (SSSR count). The van der Waals surface area contributed by atoms with E-state index < -0.39 is 0 Å². The fourth-order valence-corrected chi connectivity index (χ4v) is 2.61. The third kappa shape index (κ3) is 4.13. The lowest BCUT2D eigenvalue weighted by atomic mass is 10.1. The van der Waals surface area contributed by atoms with Gasteiger partial charge in [0, 0.05) is 37.4 Å². The largest absolute Gasteiger partial charge is 0.368 e. The molecule has 0 atom stereocenters. The fraction of sp³-hybridized carbons (Fsp3) is 0.588. The molecule has 1 aliphatic rings. The number of carbonyl (C=O) groups excluding carboxylic acids is 1. The Kier molecular flexibility index (Phi) is 4.45. The van der Waals surface area contributed by atoms with Crippen LogP contribution in [0.2, 0.25) is 0 Å². The molecule has 0 bridgehead atoms. The zero-order valence-corrected chi connectivity index (χ0v) is 13.9. The van der Waals surface area contributed by atoms with Gasteiger partial charge in [-0.3, -0.25) is 0 Å². The number of piperazine rings is 1. The Hall–Kier alpha value is -1.71. The van der Waals surface area contributed by atoms with Crippen LogP contribution in [0, 0.1) is 13.8 Å². The van der Waals surface area contributed by atoms with Gasteiger partial charge in [0.15, 0.2) is 0 Å². The second kappa shape index (κ2) is 5.96. The van der Waals surface area contributed by atoms with Gasteiger partial charge in [-0.05, 0) is 51.8 Å². The molecule has 0 aliphatic carbocycles. The molecule has 21 heavy (non-hydrogen) atoms. The van der Waals surface area contributed by atoms with Crippen molar-refractivity contribution >= 4 is 11.7 Å². The molecule has 2 amide bonds. The Labute approximate surface area is 128 Å².